The number of pyridine rings is 1. The maximum Gasteiger partial charge on any atom is 0.184 e. The summed E-state index contributed by atoms with van der Waals surface area (Å²) in [5.74, 6) is 13.1. The minimum atomic E-state index is 0.982. The molecule has 0 bridgehead atoms. The van der Waals surface area contributed by atoms with Crippen molar-refractivity contribution in [2.45, 2.75) is 40.2 Å². The molecule has 0 aliphatic heterocycles. The van der Waals surface area contributed by atoms with Crippen LogP contribution in [0.2, 0.25) is 0 Å². The molecule has 0 spiro atoms. The lowest BCUT2D eigenvalue weighted by atomic mass is 10.1. The third-order valence-electron chi connectivity index (χ3n) is 4.50. The maximum absolute atomic E-state index is 3.30. The number of nitrogens with zero attached hydrogens (tertiary/aromatic N) is 1. The van der Waals surface area contributed by atoms with Crippen molar-refractivity contribution in [1.29, 1.82) is 0 Å². The van der Waals surface area contributed by atoms with E-state index in [1.54, 1.807) is 0 Å². The van der Waals surface area contributed by atoms with Gasteiger partial charge in [0.2, 0.25) is 0 Å². The summed E-state index contributed by atoms with van der Waals surface area (Å²) in [6.45, 7) is 7.36. The third kappa shape index (κ3) is 5.87. The number of rotatable bonds is 3. The van der Waals surface area contributed by atoms with Crippen molar-refractivity contribution in [3.8, 4) is 23.7 Å². The number of aryl methyl sites for hydroxylation is 3. The van der Waals surface area contributed by atoms with Crippen LogP contribution in [0.25, 0.3) is 0 Å². The van der Waals surface area contributed by atoms with E-state index in [1.165, 1.54) is 11.1 Å². The van der Waals surface area contributed by atoms with Gasteiger partial charge in [0.1, 0.15) is 6.54 Å². The summed E-state index contributed by atoms with van der Waals surface area (Å²) >= 11 is 0. The van der Waals surface area contributed by atoms with Gasteiger partial charge in [-0.3, -0.25) is 0 Å². The van der Waals surface area contributed by atoms with Crippen LogP contribution >= 0.6 is 0 Å². The Hall–Kier alpha value is -3.29. The normalized spacial score (nSPS) is 9.82. The van der Waals surface area contributed by atoms with Gasteiger partial charge in [0, 0.05) is 17.5 Å². The quantitative estimate of drug-likeness (QED) is 0.445. The zero-order chi connectivity index (χ0) is 19.8. The first-order valence-corrected chi connectivity index (χ1v) is 9.84. The summed E-state index contributed by atoms with van der Waals surface area (Å²) in [7, 11) is 0. The van der Waals surface area contributed by atoms with Crippen molar-refractivity contribution in [2.24, 2.45) is 0 Å². The Bertz CT molecular complexity index is 968. The molecular formula is C27H26N+. The van der Waals surface area contributed by atoms with Gasteiger partial charge in [0.25, 0.3) is 0 Å². The summed E-state index contributed by atoms with van der Waals surface area (Å²) in [4.78, 5) is 0. The van der Waals surface area contributed by atoms with E-state index in [0.717, 1.165) is 41.6 Å². The number of unbranched alkanes of at least 4 members (excludes halogenated alkanes) is 1. The molecule has 0 unspecified atom stereocenters. The largest absolute Gasteiger partial charge is 0.203 e. The Labute approximate surface area is 169 Å². The minimum Gasteiger partial charge on any atom is -0.203 e. The van der Waals surface area contributed by atoms with Crippen LogP contribution in [0.1, 0.15) is 53.1 Å². The topological polar surface area (TPSA) is 3.88 Å². The second-order valence-corrected chi connectivity index (χ2v) is 7.14. The van der Waals surface area contributed by atoms with Crippen molar-refractivity contribution in [3.63, 3.8) is 0 Å². The van der Waals surface area contributed by atoms with E-state index in [1.807, 2.05) is 0 Å². The maximum atomic E-state index is 3.30. The molecule has 0 radical (unpaired) electrons. The summed E-state index contributed by atoms with van der Waals surface area (Å²) < 4.78 is 2.21. The lowest BCUT2D eigenvalue weighted by molar-refractivity contribution is -0.697. The fourth-order valence-corrected chi connectivity index (χ4v) is 2.81. The van der Waals surface area contributed by atoms with Crippen LogP contribution in [0.3, 0.4) is 0 Å². The van der Waals surface area contributed by atoms with E-state index >= 15 is 0 Å². The molecule has 138 valence electrons. The van der Waals surface area contributed by atoms with Crippen LogP contribution < -0.4 is 4.57 Å². The molecule has 0 aliphatic carbocycles. The van der Waals surface area contributed by atoms with Gasteiger partial charge in [-0.25, -0.2) is 4.57 Å². The molecule has 3 rings (SSSR count). The average molecular weight is 365 g/mol. The third-order valence-corrected chi connectivity index (χ3v) is 4.50. The molecular weight excluding hydrogens is 338 g/mol. The lowest BCUT2D eigenvalue weighted by Crippen LogP contribution is -2.33. The highest BCUT2D eigenvalue weighted by molar-refractivity contribution is 5.47. The summed E-state index contributed by atoms with van der Waals surface area (Å²) in [6.07, 6.45) is 6.54. The zero-order valence-electron chi connectivity index (χ0n) is 16.9. The van der Waals surface area contributed by atoms with E-state index in [0.29, 0.717) is 0 Å². The second-order valence-electron chi connectivity index (χ2n) is 7.14. The predicted octanol–water partition coefficient (Wildman–Crippen LogP) is 5.19. The Morgan fingerprint density at radius 2 is 1.07 bits per heavy atom. The van der Waals surface area contributed by atoms with E-state index in [2.05, 4.69) is 116 Å². The first-order chi connectivity index (χ1) is 13.6. The molecule has 2 aromatic carbocycles. The average Bonchev–Trinajstić information content (AvgIpc) is 2.71. The molecule has 0 fully saturated rings. The Morgan fingerprint density at radius 3 is 1.50 bits per heavy atom. The smallest absolute Gasteiger partial charge is 0.184 e. The van der Waals surface area contributed by atoms with E-state index in [-0.39, 0.29) is 0 Å². The van der Waals surface area contributed by atoms with Crippen LogP contribution in [0.15, 0.2) is 67.0 Å². The Morgan fingerprint density at radius 1 is 0.643 bits per heavy atom. The molecule has 1 heteroatoms. The lowest BCUT2D eigenvalue weighted by Gasteiger charge is -1.98. The van der Waals surface area contributed by atoms with E-state index in [9.17, 15) is 0 Å². The molecule has 1 heterocycles. The summed E-state index contributed by atoms with van der Waals surface area (Å²) in [6, 6.07) is 18.7. The molecule has 0 N–H and O–H groups in total. The highest BCUT2D eigenvalue weighted by Gasteiger charge is 2.05. The molecule has 0 atom stereocenters. The van der Waals surface area contributed by atoms with Crippen LogP contribution in [0.4, 0.5) is 0 Å². The van der Waals surface area contributed by atoms with Gasteiger partial charge >= 0.3 is 0 Å². The molecule has 3 aromatic rings. The number of hydrogen-bond donors (Lipinski definition) is 0. The van der Waals surface area contributed by atoms with Gasteiger partial charge in [0.05, 0.1) is 11.1 Å². The fourth-order valence-electron chi connectivity index (χ4n) is 2.81. The number of benzene rings is 2. The second kappa shape index (κ2) is 9.59. The first kappa shape index (κ1) is 19.5. The standard InChI is InChI=1S/C27H26N/c1-4-5-18-28-20-26(16-14-24-10-6-22(2)7-11-24)19-27(21-28)17-15-25-12-8-23(3)9-13-25/h6-13,19-21H,4-5,18H2,1-3H3/q+1. The molecule has 0 amide bonds. The Balaban J connectivity index is 1.91. The monoisotopic (exact) mass is 364 g/mol. The van der Waals surface area contributed by atoms with Crippen molar-refractivity contribution >= 4 is 0 Å². The fraction of sp³-hybridized carbons (Fsp3) is 0.222. The highest BCUT2D eigenvalue weighted by Crippen LogP contribution is 2.05. The number of hydrogen-bond acceptors (Lipinski definition) is 0. The van der Waals surface area contributed by atoms with Gasteiger partial charge in [-0.2, -0.15) is 0 Å². The number of aromatic nitrogens is 1. The van der Waals surface area contributed by atoms with Crippen molar-refractivity contribution in [2.75, 3.05) is 0 Å². The Kier molecular flexibility index (Phi) is 6.67. The predicted molar refractivity (Wildman–Crippen MR) is 116 cm³/mol. The first-order valence-electron chi connectivity index (χ1n) is 9.84. The molecule has 1 nitrogen and oxygen atoms in total. The van der Waals surface area contributed by atoms with Gasteiger partial charge in [-0.05, 0) is 44.2 Å². The molecule has 28 heavy (non-hydrogen) atoms. The molecule has 0 aliphatic rings. The highest BCUT2D eigenvalue weighted by atomic mass is 14.9. The minimum absolute atomic E-state index is 0.982. The zero-order valence-corrected chi connectivity index (χ0v) is 16.9. The molecule has 0 saturated heterocycles. The molecule has 0 saturated carbocycles. The van der Waals surface area contributed by atoms with Crippen molar-refractivity contribution in [3.05, 3.63) is 100 Å². The summed E-state index contributed by atoms with van der Waals surface area (Å²) in [5, 5.41) is 0. The van der Waals surface area contributed by atoms with Crippen LogP contribution in [-0.2, 0) is 6.54 Å². The van der Waals surface area contributed by atoms with Gasteiger partial charge < -0.3 is 0 Å². The SMILES string of the molecule is CCCC[n+]1cc(C#Cc2ccc(C)cc2)cc(C#Cc2ccc(C)cc2)c1. The molecule has 1 aromatic heterocycles. The van der Waals surface area contributed by atoms with Crippen LogP contribution in [0, 0.1) is 37.5 Å². The van der Waals surface area contributed by atoms with Crippen molar-refractivity contribution < 1.29 is 4.57 Å². The van der Waals surface area contributed by atoms with E-state index < -0.39 is 0 Å². The van der Waals surface area contributed by atoms with Crippen LogP contribution in [-0.4, -0.2) is 0 Å². The van der Waals surface area contributed by atoms with Gasteiger partial charge in [-0.15, -0.1) is 0 Å². The summed E-state index contributed by atoms with van der Waals surface area (Å²) in [5.41, 5.74) is 6.54. The van der Waals surface area contributed by atoms with Crippen LogP contribution in [0.5, 0.6) is 0 Å². The van der Waals surface area contributed by atoms with E-state index in [4.69, 9.17) is 0 Å². The van der Waals surface area contributed by atoms with Gasteiger partial charge in [0.15, 0.2) is 12.4 Å². The van der Waals surface area contributed by atoms with Gasteiger partial charge in [-0.1, -0.05) is 72.4 Å². The van der Waals surface area contributed by atoms with Crippen molar-refractivity contribution in [1.82, 2.24) is 0 Å².